The van der Waals surface area contributed by atoms with E-state index in [1.54, 1.807) is 60.2 Å². The molecule has 0 fully saturated rings. The number of para-hydroxylation sites is 1. The lowest BCUT2D eigenvalue weighted by molar-refractivity contribution is -0.120. The van der Waals surface area contributed by atoms with Gasteiger partial charge in [0.05, 0.1) is 12.0 Å². The molecule has 0 saturated carbocycles. The van der Waals surface area contributed by atoms with Gasteiger partial charge in [0.2, 0.25) is 0 Å². The minimum Gasteiger partial charge on any atom is -0.484 e. The van der Waals surface area contributed by atoms with Crippen LogP contribution in [0.2, 0.25) is 0 Å². The van der Waals surface area contributed by atoms with Crippen LogP contribution in [0.5, 0.6) is 5.75 Å². The third kappa shape index (κ3) is 5.13. The molecule has 9 heteroatoms. The monoisotopic (exact) mass is 474 g/mol. The summed E-state index contributed by atoms with van der Waals surface area (Å²) in [6.45, 7) is 5.81. The second kappa shape index (κ2) is 10.3. The fourth-order valence-corrected chi connectivity index (χ4v) is 3.71. The molecule has 4 aromatic rings. The number of aromatic nitrogens is 3. The number of amides is 1. The number of carbonyl (C=O) groups is 2. The lowest BCUT2D eigenvalue weighted by atomic mass is 10.1. The molecule has 3 heterocycles. The minimum absolute atomic E-state index is 0.0165. The Morgan fingerprint density at radius 3 is 2.54 bits per heavy atom. The van der Waals surface area contributed by atoms with E-state index in [9.17, 15) is 14.4 Å². The largest absolute Gasteiger partial charge is 0.484 e. The molecule has 1 aromatic carbocycles. The van der Waals surface area contributed by atoms with Crippen molar-refractivity contribution in [2.45, 2.75) is 27.3 Å². The summed E-state index contributed by atoms with van der Waals surface area (Å²) in [6.07, 6.45) is 1.61. The second-order valence-corrected chi connectivity index (χ2v) is 8.30. The molecule has 1 amide bonds. The van der Waals surface area contributed by atoms with Gasteiger partial charge in [-0.1, -0.05) is 38.1 Å². The van der Waals surface area contributed by atoms with Crippen LogP contribution in [-0.2, 0) is 16.1 Å². The minimum atomic E-state index is -0.681. The maximum absolute atomic E-state index is 13.3. The summed E-state index contributed by atoms with van der Waals surface area (Å²) in [5.41, 5.74) is 0.537. The normalized spacial score (nSPS) is 11.8. The van der Waals surface area contributed by atoms with Gasteiger partial charge in [-0.2, -0.15) is 4.99 Å². The summed E-state index contributed by atoms with van der Waals surface area (Å²) in [7, 11) is 0. The molecule has 0 atom stereocenters. The third-order valence-electron chi connectivity index (χ3n) is 5.17. The van der Waals surface area contributed by atoms with Gasteiger partial charge in [-0.05, 0) is 43.2 Å². The van der Waals surface area contributed by atoms with Crippen LogP contribution in [0.3, 0.4) is 0 Å². The van der Waals surface area contributed by atoms with Gasteiger partial charge in [0, 0.05) is 12.7 Å². The van der Waals surface area contributed by atoms with Crippen molar-refractivity contribution in [1.82, 2.24) is 14.0 Å². The van der Waals surface area contributed by atoms with Gasteiger partial charge < -0.3 is 14.0 Å². The summed E-state index contributed by atoms with van der Waals surface area (Å²) < 4.78 is 13.8. The molecule has 0 spiro atoms. The van der Waals surface area contributed by atoms with E-state index in [-0.39, 0.29) is 41.1 Å². The Labute approximate surface area is 201 Å². The van der Waals surface area contributed by atoms with Crippen molar-refractivity contribution in [1.29, 1.82) is 0 Å². The van der Waals surface area contributed by atoms with Gasteiger partial charge in [0.25, 0.3) is 11.5 Å². The van der Waals surface area contributed by atoms with E-state index in [0.717, 1.165) is 0 Å². The van der Waals surface area contributed by atoms with Crippen LogP contribution in [0.4, 0.5) is 0 Å². The Balaban J connectivity index is 1.96. The molecule has 3 aromatic heterocycles. The Morgan fingerprint density at radius 1 is 1.09 bits per heavy atom. The molecular formula is C26H26N4O5. The number of esters is 1. The van der Waals surface area contributed by atoms with E-state index >= 15 is 0 Å². The van der Waals surface area contributed by atoms with Crippen molar-refractivity contribution in [2.24, 2.45) is 10.9 Å². The van der Waals surface area contributed by atoms with Gasteiger partial charge in [-0.25, -0.2) is 9.78 Å². The SMILES string of the molecule is CCOC(=O)c1cc2c(=O)n3ccccc3nc2n(CC(C)C)c1=NC(=O)COc1ccccc1. The Morgan fingerprint density at radius 2 is 1.83 bits per heavy atom. The first-order valence-corrected chi connectivity index (χ1v) is 11.4. The number of benzene rings is 1. The number of nitrogens with zero attached hydrogens (tertiary/aromatic N) is 4. The molecule has 4 rings (SSSR count). The average molecular weight is 475 g/mol. The van der Waals surface area contributed by atoms with E-state index in [1.807, 2.05) is 19.9 Å². The summed E-state index contributed by atoms with van der Waals surface area (Å²) in [6, 6.07) is 15.5. The molecule has 0 aliphatic rings. The molecule has 9 nitrogen and oxygen atoms in total. The van der Waals surface area contributed by atoms with Crippen molar-refractivity contribution < 1.29 is 19.1 Å². The van der Waals surface area contributed by atoms with Gasteiger partial charge in [0.1, 0.15) is 22.6 Å². The quantitative estimate of drug-likeness (QED) is 0.301. The predicted molar refractivity (Wildman–Crippen MR) is 130 cm³/mol. The zero-order valence-corrected chi connectivity index (χ0v) is 19.8. The van der Waals surface area contributed by atoms with Crippen molar-refractivity contribution in [3.63, 3.8) is 0 Å². The highest BCUT2D eigenvalue weighted by atomic mass is 16.5. The van der Waals surface area contributed by atoms with Crippen LogP contribution >= 0.6 is 0 Å². The predicted octanol–water partition coefficient (Wildman–Crippen LogP) is 2.99. The highest BCUT2D eigenvalue weighted by Gasteiger charge is 2.20. The first-order chi connectivity index (χ1) is 16.9. The number of fused-ring (bicyclic) bond motifs is 2. The molecule has 0 bridgehead atoms. The van der Waals surface area contributed by atoms with Gasteiger partial charge in [0.15, 0.2) is 12.1 Å². The molecule has 0 radical (unpaired) electrons. The van der Waals surface area contributed by atoms with Gasteiger partial charge in [-0.3, -0.25) is 14.0 Å². The van der Waals surface area contributed by atoms with Crippen molar-refractivity contribution in [2.75, 3.05) is 13.2 Å². The van der Waals surface area contributed by atoms with Crippen LogP contribution in [0, 0.1) is 5.92 Å². The van der Waals surface area contributed by atoms with Crippen LogP contribution in [-0.4, -0.2) is 39.0 Å². The standard InChI is InChI=1S/C26H26N4O5/c1-4-34-26(33)20-14-19-23(27-21-12-8-9-13-29(21)25(19)32)30(15-17(2)3)24(20)28-22(31)16-35-18-10-6-5-7-11-18/h5-14,17H,4,15-16H2,1-3H3. The van der Waals surface area contributed by atoms with E-state index < -0.39 is 11.9 Å². The van der Waals surface area contributed by atoms with E-state index in [0.29, 0.717) is 23.6 Å². The van der Waals surface area contributed by atoms with Crippen LogP contribution in [0.25, 0.3) is 16.7 Å². The number of hydrogen-bond donors (Lipinski definition) is 0. The van der Waals surface area contributed by atoms with Crippen molar-refractivity contribution in [3.05, 3.63) is 82.2 Å². The Hall–Kier alpha value is -4.27. The highest BCUT2D eigenvalue weighted by Crippen LogP contribution is 2.13. The smallest absolute Gasteiger partial charge is 0.341 e. The van der Waals surface area contributed by atoms with Gasteiger partial charge in [-0.15, -0.1) is 0 Å². The molecule has 0 aliphatic carbocycles. The molecule has 0 N–H and O–H groups in total. The zero-order chi connectivity index (χ0) is 24.9. The number of ether oxygens (including phenoxy) is 2. The second-order valence-electron chi connectivity index (χ2n) is 8.30. The lowest BCUT2D eigenvalue weighted by Gasteiger charge is -2.16. The molecule has 180 valence electrons. The van der Waals surface area contributed by atoms with Crippen LogP contribution in [0.1, 0.15) is 31.1 Å². The lowest BCUT2D eigenvalue weighted by Crippen LogP contribution is -2.34. The van der Waals surface area contributed by atoms with Crippen molar-refractivity contribution >= 4 is 28.6 Å². The molecule has 0 aliphatic heterocycles. The van der Waals surface area contributed by atoms with E-state index in [4.69, 9.17) is 9.47 Å². The van der Waals surface area contributed by atoms with E-state index in [1.165, 1.54) is 10.5 Å². The first-order valence-electron chi connectivity index (χ1n) is 11.4. The van der Waals surface area contributed by atoms with Gasteiger partial charge >= 0.3 is 5.97 Å². The number of carbonyl (C=O) groups excluding carboxylic acids is 2. The number of hydrogen-bond acceptors (Lipinski definition) is 6. The molecule has 0 unspecified atom stereocenters. The Kier molecular flexibility index (Phi) is 7.05. The average Bonchev–Trinajstić information content (AvgIpc) is 2.85. The summed E-state index contributed by atoms with van der Waals surface area (Å²) in [5, 5.41) is 0.226. The topological polar surface area (TPSA) is 104 Å². The van der Waals surface area contributed by atoms with E-state index in [2.05, 4.69) is 9.98 Å². The number of rotatable bonds is 7. The summed E-state index contributed by atoms with van der Waals surface area (Å²) in [5.74, 6) is -0.647. The highest BCUT2D eigenvalue weighted by molar-refractivity contribution is 5.93. The maximum Gasteiger partial charge on any atom is 0.341 e. The van der Waals surface area contributed by atoms with Crippen molar-refractivity contribution in [3.8, 4) is 5.75 Å². The fourth-order valence-electron chi connectivity index (χ4n) is 3.71. The van der Waals surface area contributed by atoms with Crippen LogP contribution < -0.4 is 15.8 Å². The van der Waals surface area contributed by atoms with Crippen LogP contribution in [0.15, 0.2) is 70.6 Å². The Bertz CT molecular complexity index is 1520. The number of pyridine rings is 2. The molecule has 0 saturated heterocycles. The maximum atomic E-state index is 13.3. The fraction of sp³-hybridized carbons (Fsp3) is 0.269. The molecular weight excluding hydrogens is 448 g/mol. The molecule has 35 heavy (non-hydrogen) atoms. The third-order valence-corrected chi connectivity index (χ3v) is 5.17. The summed E-state index contributed by atoms with van der Waals surface area (Å²) in [4.78, 5) is 47.9. The zero-order valence-electron chi connectivity index (χ0n) is 19.8. The summed E-state index contributed by atoms with van der Waals surface area (Å²) >= 11 is 0. The first kappa shape index (κ1) is 23.9.